The number of hydrogen-bond acceptors (Lipinski definition) is 1. The Kier molecular flexibility index (Phi) is 3.02. The first-order valence-electron chi connectivity index (χ1n) is 6.10. The van der Waals surface area contributed by atoms with Crippen LogP contribution in [0.25, 0.3) is 0 Å². The van der Waals surface area contributed by atoms with Crippen molar-refractivity contribution in [2.45, 2.75) is 61.0 Å². The zero-order valence-electron chi connectivity index (χ0n) is 11.8. The van der Waals surface area contributed by atoms with Crippen LogP contribution >= 0.6 is 0 Å². The van der Waals surface area contributed by atoms with Crippen molar-refractivity contribution in [2.75, 3.05) is 6.61 Å². The number of ether oxygens (including phenoxy) is 1. The highest BCUT2D eigenvalue weighted by Gasteiger charge is 2.52. The van der Waals surface area contributed by atoms with E-state index < -0.39 is 0 Å². The molecule has 2 atom stereocenters. The Hall–Kier alpha value is -0.0400. The fourth-order valence-electron chi connectivity index (χ4n) is 3.37. The van der Waals surface area contributed by atoms with Gasteiger partial charge in [0.1, 0.15) is 0 Å². The average molecular weight is 212 g/mol. The van der Waals surface area contributed by atoms with Gasteiger partial charge in [0.05, 0.1) is 12.2 Å². The maximum atomic E-state index is 6.02. The smallest absolute Gasteiger partial charge is 0.0663 e. The lowest BCUT2D eigenvalue weighted by Gasteiger charge is -2.43. The first-order chi connectivity index (χ1) is 6.46. The first kappa shape index (κ1) is 13.0. The molecule has 2 unspecified atom stereocenters. The van der Waals surface area contributed by atoms with Gasteiger partial charge in [0.15, 0.2) is 0 Å². The molecule has 1 aliphatic rings. The van der Waals surface area contributed by atoms with Crippen LogP contribution in [0.5, 0.6) is 0 Å². The van der Waals surface area contributed by atoms with E-state index >= 15 is 0 Å². The molecule has 1 rings (SSSR count). The van der Waals surface area contributed by atoms with E-state index in [1.165, 1.54) is 0 Å². The molecule has 0 aromatic carbocycles. The Labute approximate surface area is 95.6 Å². The van der Waals surface area contributed by atoms with E-state index in [1.807, 2.05) is 0 Å². The van der Waals surface area contributed by atoms with E-state index in [9.17, 15) is 0 Å². The highest BCUT2D eigenvalue weighted by atomic mass is 16.5. The number of rotatable bonds is 0. The summed E-state index contributed by atoms with van der Waals surface area (Å²) in [5.41, 5.74) is 0.680. The molecule has 0 amide bonds. The van der Waals surface area contributed by atoms with Crippen LogP contribution in [0.4, 0.5) is 0 Å². The third-order valence-corrected chi connectivity index (χ3v) is 3.83. The lowest BCUT2D eigenvalue weighted by atomic mass is 9.61. The average Bonchev–Trinajstić information content (AvgIpc) is 2.21. The summed E-state index contributed by atoms with van der Waals surface area (Å²) in [5.74, 6) is 1.29. The van der Waals surface area contributed by atoms with E-state index in [0.717, 1.165) is 6.61 Å². The van der Waals surface area contributed by atoms with Crippen LogP contribution in [-0.2, 0) is 4.74 Å². The number of hydrogen-bond donors (Lipinski definition) is 0. The second-order valence-electron chi connectivity index (χ2n) is 7.73. The molecule has 0 aromatic rings. The van der Waals surface area contributed by atoms with Gasteiger partial charge in [0.25, 0.3) is 0 Å². The molecular weight excluding hydrogens is 184 g/mol. The minimum Gasteiger partial charge on any atom is -0.375 e. The quantitative estimate of drug-likeness (QED) is 0.587. The van der Waals surface area contributed by atoms with E-state index in [-0.39, 0.29) is 5.60 Å². The SMILES string of the molecule is CC(C)(C)C1COC(C)(C)C1C(C)(C)C. The van der Waals surface area contributed by atoms with Crippen molar-refractivity contribution in [3.05, 3.63) is 0 Å². The maximum Gasteiger partial charge on any atom is 0.0663 e. The molecule has 1 nitrogen and oxygen atoms in total. The Balaban J connectivity index is 3.03. The molecule has 0 aromatic heterocycles. The molecule has 1 fully saturated rings. The molecule has 0 saturated carbocycles. The van der Waals surface area contributed by atoms with Crippen LogP contribution < -0.4 is 0 Å². The van der Waals surface area contributed by atoms with Crippen molar-refractivity contribution in [2.24, 2.45) is 22.7 Å². The van der Waals surface area contributed by atoms with Crippen LogP contribution in [0.15, 0.2) is 0 Å². The maximum absolute atomic E-state index is 6.02. The zero-order chi connectivity index (χ0) is 12.1. The monoisotopic (exact) mass is 212 g/mol. The summed E-state index contributed by atoms with van der Waals surface area (Å²) in [4.78, 5) is 0. The molecule has 15 heavy (non-hydrogen) atoms. The highest BCUT2D eigenvalue weighted by molar-refractivity contribution is 5.00. The van der Waals surface area contributed by atoms with Crippen LogP contribution in [0.1, 0.15) is 55.4 Å². The Morgan fingerprint density at radius 3 is 1.67 bits per heavy atom. The van der Waals surface area contributed by atoms with Gasteiger partial charge in [-0.3, -0.25) is 0 Å². The van der Waals surface area contributed by atoms with Gasteiger partial charge in [-0.25, -0.2) is 0 Å². The minimum atomic E-state index is 0.0240. The first-order valence-corrected chi connectivity index (χ1v) is 6.10. The van der Waals surface area contributed by atoms with E-state index in [0.29, 0.717) is 22.7 Å². The predicted molar refractivity (Wildman–Crippen MR) is 65.9 cm³/mol. The van der Waals surface area contributed by atoms with E-state index in [4.69, 9.17) is 4.74 Å². The molecule has 0 N–H and O–H groups in total. The van der Waals surface area contributed by atoms with Gasteiger partial charge in [-0.2, -0.15) is 0 Å². The summed E-state index contributed by atoms with van der Waals surface area (Å²) in [6.07, 6.45) is 0. The van der Waals surface area contributed by atoms with Crippen LogP contribution in [0.3, 0.4) is 0 Å². The molecule has 0 spiro atoms. The normalized spacial score (nSPS) is 32.0. The molecule has 1 heteroatoms. The van der Waals surface area contributed by atoms with E-state index in [2.05, 4.69) is 55.4 Å². The lowest BCUT2D eigenvalue weighted by molar-refractivity contribution is -0.0218. The Morgan fingerprint density at radius 1 is 0.933 bits per heavy atom. The minimum absolute atomic E-state index is 0.0240. The van der Waals surface area contributed by atoms with Crippen molar-refractivity contribution in [1.29, 1.82) is 0 Å². The Bertz CT molecular complexity index is 227. The van der Waals surface area contributed by atoms with Gasteiger partial charge < -0.3 is 4.74 Å². The topological polar surface area (TPSA) is 9.23 Å². The molecular formula is C14H28O. The molecule has 0 bridgehead atoms. The zero-order valence-corrected chi connectivity index (χ0v) is 11.8. The summed E-state index contributed by atoms with van der Waals surface area (Å²) >= 11 is 0. The second kappa shape index (κ2) is 3.48. The third kappa shape index (κ3) is 2.55. The summed E-state index contributed by atoms with van der Waals surface area (Å²) in [5, 5.41) is 0. The van der Waals surface area contributed by atoms with Crippen molar-refractivity contribution < 1.29 is 4.74 Å². The Morgan fingerprint density at radius 2 is 1.40 bits per heavy atom. The summed E-state index contributed by atoms with van der Waals surface area (Å²) in [6.45, 7) is 19.4. The van der Waals surface area contributed by atoms with Crippen molar-refractivity contribution >= 4 is 0 Å². The van der Waals surface area contributed by atoms with Gasteiger partial charge in [0, 0.05) is 0 Å². The highest BCUT2D eigenvalue weighted by Crippen LogP contribution is 2.52. The second-order valence-corrected chi connectivity index (χ2v) is 7.73. The molecule has 0 aliphatic carbocycles. The largest absolute Gasteiger partial charge is 0.375 e. The van der Waals surface area contributed by atoms with E-state index in [1.54, 1.807) is 0 Å². The van der Waals surface area contributed by atoms with Gasteiger partial charge in [-0.05, 0) is 36.5 Å². The van der Waals surface area contributed by atoms with Crippen molar-refractivity contribution in [3.63, 3.8) is 0 Å². The van der Waals surface area contributed by atoms with Crippen LogP contribution in [0, 0.1) is 22.7 Å². The van der Waals surface area contributed by atoms with Gasteiger partial charge in [0.2, 0.25) is 0 Å². The summed E-state index contributed by atoms with van der Waals surface area (Å²) in [7, 11) is 0. The van der Waals surface area contributed by atoms with Crippen LogP contribution in [-0.4, -0.2) is 12.2 Å². The molecule has 90 valence electrons. The van der Waals surface area contributed by atoms with Crippen LogP contribution in [0.2, 0.25) is 0 Å². The molecule has 1 saturated heterocycles. The van der Waals surface area contributed by atoms with Gasteiger partial charge in [-0.1, -0.05) is 41.5 Å². The standard InChI is InChI=1S/C14H28O/c1-12(2,3)10-9-15-14(7,8)11(10)13(4,5)6/h10-11H,9H2,1-8H3. The third-order valence-electron chi connectivity index (χ3n) is 3.83. The molecule has 1 heterocycles. The molecule has 0 radical (unpaired) electrons. The van der Waals surface area contributed by atoms with Crippen molar-refractivity contribution in [3.8, 4) is 0 Å². The summed E-state index contributed by atoms with van der Waals surface area (Å²) in [6, 6.07) is 0. The fraction of sp³-hybridized carbons (Fsp3) is 1.00. The predicted octanol–water partition coefficient (Wildman–Crippen LogP) is 4.12. The molecule has 1 aliphatic heterocycles. The summed E-state index contributed by atoms with van der Waals surface area (Å²) < 4.78 is 6.02. The lowest BCUT2D eigenvalue weighted by Crippen LogP contribution is -2.42. The van der Waals surface area contributed by atoms with Gasteiger partial charge >= 0.3 is 0 Å². The fourth-order valence-corrected chi connectivity index (χ4v) is 3.37. The van der Waals surface area contributed by atoms with Gasteiger partial charge in [-0.15, -0.1) is 0 Å². The van der Waals surface area contributed by atoms with Crippen molar-refractivity contribution in [1.82, 2.24) is 0 Å².